The molecule has 1 nitrogen and oxygen atoms in total. The Morgan fingerprint density at radius 2 is 1.82 bits per heavy atom. The quantitative estimate of drug-likeness (QED) is 0.749. The first-order chi connectivity index (χ1) is 8.07. The van der Waals surface area contributed by atoms with Gasteiger partial charge in [0, 0.05) is 0 Å². The maximum Gasteiger partial charge on any atom is 0.0720 e. The minimum absolute atomic E-state index is 0.373. The molecule has 0 aliphatic heterocycles. The molecule has 2 atom stereocenters. The summed E-state index contributed by atoms with van der Waals surface area (Å²) in [5, 5.41) is 0. The average molecular weight is 232 g/mol. The molecule has 1 aliphatic carbocycles. The van der Waals surface area contributed by atoms with E-state index in [0.717, 1.165) is 6.61 Å². The molecule has 0 bridgehead atoms. The van der Waals surface area contributed by atoms with E-state index in [9.17, 15) is 0 Å². The summed E-state index contributed by atoms with van der Waals surface area (Å²) in [5.41, 5.74) is 1.66. The molecule has 1 aliphatic rings. The maximum atomic E-state index is 6.13. The van der Waals surface area contributed by atoms with Gasteiger partial charge < -0.3 is 4.74 Å². The van der Waals surface area contributed by atoms with Crippen molar-refractivity contribution in [2.75, 3.05) is 0 Å². The van der Waals surface area contributed by atoms with E-state index in [2.05, 4.69) is 51.1 Å². The summed E-state index contributed by atoms with van der Waals surface area (Å²) in [6, 6.07) is 10.5. The third-order valence-electron chi connectivity index (χ3n) is 3.87. The Kier molecular flexibility index (Phi) is 3.88. The van der Waals surface area contributed by atoms with Crippen molar-refractivity contribution in [1.29, 1.82) is 0 Å². The molecule has 94 valence electrons. The van der Waals surface area contributed by atoms with Crippen LogP contribution in [0.3, 0.4) is 0 Å². The molecule has 1 saturated carbocycles. The Hall–Kier alpha value is -0.820. The molecule has 1 aromatic rings. The van der Waals surface area contributed by atoms with Crippen LogP contribution in [0.2, 0.25) is 0 Å². The van der Waals surface area contributed by atoms with E-state index in [-0.39, 0.29) is 0 Å². The standard InChI is InChI=1S/C16H24O/c1-16(2,3)14-10-7-11-15(14)17-12-13-8-5-4-6-9-13/h4-6,8-9,14-15H,7,10-12H2,1-3H3. The van der Waals surface area contributed by atoms with Crippen molar-refractivity contribution in [1.82, 2.24) is 0 Å². The summed E-state index contributed by atoms with van der Waals surface area (Å²) >= 11 is 0. The fraction of sp³-hybridized carbons (Fsp3) is 0.625. The third kappa shape index (κ3) is 3.32. The normalized spacial score (nSPS) is 25.1. The molecule has 0 amide bonds. The molecule has 0 N–H and O–H groups in total. The molecule has 0 aromatic heterocycles. The molecule has 0 radical (unpaired) electrons. The predicted molar refractivity (Wildman–Crippen MR) is 71.8 cm³/mol. The smallest absolute Gasteiger partial charge is 0.0720 e. The first-order valence-electron chi connectivity index (χ1n) is 6.73. The Morgan fingerprint density at radius 1 is 1.12 bits per heavy atom. The molecule has 1 aromatic carbocycles. The zero-order valence-electron chi connectivity index (χ0n) is 11.3. The number of benzene rings is 1. The lowest BCUT2D eigenvalue weighted by Gasteiger charge is -2.32. The highest BCUT2D eigenvalue weighted by molar-refractivity contribution is 5.13. The van der Waals surface area contributed by atoms with E-state index >= 15 is 0 Å². The highest BCUT2D eigenvalue weighted by Crippen LogP contribution is 2.41. The molecule has 0 spiro atoms. The Bertz CT molecular complexity index is 336. The van der Waals surface area contributed by atoms with E-state index < -0.39 is 0 Å². The third-order valence-corrected chi connectivity index (χ3v) is 3.87. The van der Waals surface area contributed by atoms with Crippen molar-refractivity contribution >= 4 is 0 Å². The first-order valence-corrected chi connectivity index (χ1v) is 6.73. The van der Waals surface area contributed by atoms with Crippen LogP contribution in [0, 0.1) is 11.3 Å². The molecule has 17 heavy (non-hydrogen) atoms. The van der Waals surface area contributed by atoms with Gasteiger partial charge in [-0.1, -0.05) is 57.5 Å². The van der Waals surface area contributed by atoms with E-state index in [1.165, 1.54) is 24.8 Å². The van der Waals surface area contributed by atoms with Gasteiger partial charge in [-0.3, -0.25) is 0 Å². The number of hydrogen-bond donors (Lipinski definition) is 0. The maximum absolute atomic E-state index is 6.13. The second kappa shape index (κ2) is 5.22. The Balaban J connectivity index is 1.91. The molecule has 2 unspecified atom stereocenters. The second-order valence-corrected chi connectivity index (χ2v) is 6.24. The van der Waals surface area contributed by atoms with Crippen LogP contribution in [0.1, 0.15) is 45.6 Å². The predicted octanol–water partition coefficient (Wildman–Crippen LogP) is 4.42. The summed E-state index contributed by atoms with van der Waals surface area (Å²) in [4.78, 5) is 0. The van der Waals surface area contributed by atoms with Crippen LogP contribution in [0.4, 0.5) is 0 Å². The molecular formula is C16H24O. The SMILES string of the molecule is CC(C)(C)C1CCCC1OCc1ccccc1. The van der Waals surface area contributed by atoms with Gasteiger partial charge in [0.1, 0.15) is 0 Å². The summed E-state index contributed by atoms with van der Waals surface area (Å²) in [6.45, 7) is 7.77. The summed E-state index contributed by atoms with van der Waals surface area (Å²) < 4.78 is 6.13. The molecule has 2 rings (SSSR count). The summed E-state index contributed by atoms with van der Waals surface area (Å²) in [6.07, 6.45) is 4.33. The van der Waals surface area contributed by atoms with Gasteiger partial charge in [-0.15, -0.1) is 0 Å². The van der Waals surface area contributed by atoms with Crippen LogP contribution in [0.15, 0.2) is 30.3 Å². The first kappa shape index (κ1) is 12.6. The van der Waals surface area contributed by atoms with Crippen LogP contribution in [0.5, 0.6) is 0 Å². The van der Waals surface area contributed by atoms with Gasteiger partial charge in [-0.2, -0.15) is 0 Å². The van der Waals surface area contributed by atoms with Gasteiger partial charge in [0.2, 0.25) is 0 Å². The highest BCUT2D eigenvalue weighted by Gasteiger charge is 2.36. The fourth-order valence-electron chi connectivity index (χ4n) is 2.89. The lowest BCUT2D eigenvalue weighted by Crippen LogP contribution is -2.29. The lowest BCUT2D eigenvalue weighted by molar-refractivity contribution is -0.0160. The summed E-state index contributed by atoms with van der Waals surface area (Å²) in [7, 11) is 0. The minimum Gasteiger partial charge on any atom is -0.373 e. The fourth-order valence-corrected chi connectivity index (χ4v) is 2.89. The van der Waals surface area contributed by atoms with Crippen molar-refractivity contribution in [2.24, 2.45) is 11.3 Å². The van der Waals surface area contributed by atoms with Crippen molar-refractivity contribution in [3.05, 3.63) is 35.9 Å². The van der Waals surface area contributed by atoms with E-state index in [0.29, 0.717) is 17.4 Å². The van der Waals surface area contributed by atoms with Crippen LogP contribution >= 0.6 is 0 Å². The van der Waals surface area contributed by atoms with E-state index in [4.69, 9.17) is 4.74 Å². The van der Waals surface area contributed by atoms with Gasteiger partial charge in [0.25, 0.3) is 0 Å². The number of ether oxygens (including phenoxy) is 1. The second-order valence-electron chi connectivity index (χ2n) is 6.24. The van der Waals surface area contributed by atoms with E-state index in [1.807, 2.05) is 0 Å². The van der Waals surface area contributed by atoms with Crippen LogP contribution in [-0.2, 0) is 11.3 Å². The van der Waals surface area contributed by atoms with Crippen molar-refractivity contribution in [3.8, 4) is 0 Å². The topological polar surface area (TPSA) is 9.23 Å². The van der Waals surface area contributed by atoms with Crippen LogP contribution < -0.4 is 0 Å². The van der Waals surface area contributed by atoms with Gasteiger partial charge in [0.05, 0.1) is 12.7 Å². The molecular weight excluding hydrogens is 208 g/mol. The Morgan fingerprint density at radius 3 is 2.47 bits per heavy atom. The molecule has 0 saturated heterocycles. The molecule has 1 heteroatoms. The van der Waals surface area contributed by atoms with Crippen molar-refractivity contribution in [3.63, 3.8) is 0 Å². The number of hydrogen-bond acceptors (Lipinski definition) is 1. The van der Waals surface area contributed by atoms with Gasteiger partial charge in [-0.05, 0) is 29.7 Å². The Labute approximate surface area is 105 Å². The zero-order chi connectivity index (χ0) is 12.3. The molecule has 0 heterocycles. The van der Waals surface area contributed by atoms with Crippen molar-refractivity contribution in [2.45, 2.75) is 52.7 Å². The zero-order valence-corrected chi connectivity index (χ0v) is 11.3. The average Bonchev–Trinajstić information content (AvgIpc) is 2.75. The highest BCUT2D eigenvalue weighted by atomic mass is 16.5. The molecule has 1 fully saturated rings. The minimum atomic E-state index is 0.373. The van der Waals surface area contributed by atoms with E-state index in [1.54, 1.807) is 0 Å². The monoisotopic (exact) mass is 232 g/mol. The van der Waals surface area contributed by atoms with Crippen LogP contribution in [0.25, 0.3) is 0 Å². The summed E-state index contributed by atoms with van der Waals surface area (Å²) in [5.74, 6) is 0.714. The largest absolute Gasteiger partial charge is 0.373 e. The van der Waals surface area contributed by atoms with Gasteiger partial charge in [0.15, 0.2) is 0 Å². The van der Waals surface area contributed by atoms with Gasteiger partial charge in [-0.25, -0.2) is 0 Å². The van der Waals surface area contributed by atoms with Crippen LogP contribution in [-0.4, -0.2) is 6.10 Å². The number of rotatable bonds is 3. The van der Waals surface area contributed by atoms with Gasteiger partial charge >= 0.3 is 0 Å². The van der Waals surface area contributed by atoms with Crippen molar-refractivity contribution < 1.29 is 4.74 Å². The lowest BCUT2D eigenvalue weighted by atomic mass is 9.78.